The summed E-state index contributed by atoms with van der Waals surface area (Å²) in [5, 5.41) is 1.18. The molecule has 0 aliphatic heterocycles. The topological polar surface area (TPSA) is 68.2 Å². The zero-order valence-corrected chi connectivity index (χ0v) is 20.7. The first-order valence-electron chi connectivity index (χ1n) is 10.5. The van der Waals surface area contributed by atoms with Crippen molar-refractivity contribution in [2.75, 3.05) is 4.72 Å². The molecular formula is C26H25ClN2O3S. The van der Waals surface area contributed by atoms with Crippen molar-refractivity contribution < 1.29 is 13.2 Å². The Hall–Kier alpha value is -3.09. The van der Waals surface area contributed by atoms with Crippen LogP contribution >= 0.6 is 11.6 Å². The fraction of sp³-hybridized carbons (Fsp3) is 0.192. The molecule has 0 fully saturated rings. The average molecular weight is 481 g/mol. The summed E-state index contributed by atoms with van der Waals surface area (Å²) in [6.45, 7) is 9.31. The summed E-state index contributed by atoms with van der Waals surface area (Å²) >= 11 is 5.91. The van der Waals surface area contributed by atoms with E-state index in [9.17, 15) is 13.2 Å². The van der Waals surface area contributed by atoms with Crippen molar-refractivity contribution in [2.24, 2.45) is 0 Å². The van der Waals surface area contributed by atoms with Gasteiger partial charge in [0.05, 0.1) is 16.1 Å². The molecule has 4 rings (SSSR count). The maximum atomic E-state index is 13.0. The van der Waals surface area contributed by atoms with E-state index in [1.807, 2.05) is 52.0 Å². The molecule has 0 bridgehead atoms. The molecule has 0 amide bonds. The number of ketones is 1. The van der Waals surface area contributed by atoms with Gasteiger partial charge >= 0.3 is 0 Å². The number of rotatable bonds is 5. The van der Waals surface area contributed by atoms with E-state index in [1.165, 1.54) is 31.2 Å². The Labute approximate surface area is 199 Å². The number of aryl methyl sites for hydroxylation is 2. The lowest BCUT2D eigenvalue weighted by Crippen LogP contribution is -2.14. The van der Waals surface area contributed by atoms with Gasteiger partial charge in [-0.05, 0) is 88.2 Å². The molecule has 0 atom stereocenters. The van der Waals surface area contributed by atoms with Crippen LogP contribution in [0, 0.1) is 27.7 Å². The molecule has 0 radical (unpaired) electrons. The molecule has 5 nitrogen and oxygen atoms in total. The number of nitrogens with zero attached hydrogens (tertiary/aromatic N) is 1. The Bertz CT molecular complexity index is 1500. The molecule has 0 aliphatic rings. The van der Waals surface area contributed by atoms with Gasteiger partial charge < -0.3 is 4.57 Å². The molecule has 0 spiro atoms. The fourth-order valence-electron chi connectivity index (χ4n) is 4.24. The van der Waals surface area contributed by atoms with Gasteiger partial charge in [0.15, 0.2) is 5.78 Å². The maximum Gasteiger partial charge on any atom is 0.261 e. The third kappa shape index (κ3) is 4.05. The summed E-state index contributed by atoms with van der Waals surface area (Å²) in [5.41, 5.74) is 6.53. The number of anilines is 1. The number of aromatic nitrogens is 1. The first kappa shape index (κ1) is 23.1. The standard InChI is InChI=1S/C26H25ClN2O3S/c1-15-6-10-21(11-7-15)29-18(4)25(19(5)30)23-14-24(16(2)17(3)26(23)29)28-33(31,32)22-12-8-20(27)9-13-22/h6-14,28H,1-5H3. The summed E-state index contributed by atoms with van der Waals surface area (Å²) < 4.78 is 30.8. The third-order valence-electron chi connectivity index (χ3n) is 6.07. The number of hydrogen-bond donors (Lipinski definition) is 1. The van der Waals surface area contributed by atoms with E-state index in [0.717, 1.165) is 39.0 Å². The molecule has 1 aromatic heterocycles. The molecule has 170 valence electrons. The van der Waals surface area contributed by atoms with Crippen LogP contribution in [0.25, 0.3) is 16.6 Å². The number of halogens is 1. The number of fused-ring (bicyclic) bond motifs is 1. The minimum atomic E-state index is -3.83. The van der Waals surface area contributed by atoms with E-state index in [1.54, 1.807) is 6.07 Å². The highest BCUT2D eigenvalue weighted by Gasteiger charge is 2.24. The highest BCUT2D eigenvalue weighted by atomic mass is 35.5. The number of hydrogen-bond acceptors (Lipinski definition) is 3. The van der Waals surface area contributed by atoms with E-state index in [2.05, 4.69) is 9.29 Å². The molecule has 33 heavy (non-hydrogen) atoms. The number of carbonyl (C=O) groups excluding carboxylic acids is 1. The molecular weight excluding hydrogens is 456 g/mol. The molecule has 4 aromatic rings. The van der Waals surface area contributed by atoms with Crippen LogP contribution in [0.5, 0.6) is 0 Å². The lowest BCUT2D eigenvalue weighted by Gasteiger charge is -2.16. The van der Waals surface area contributed by atoms with Gasteiger partial charge in [-0.15, -0.1) is 0 Å². The second kappa shape index (κ2) is 8.36. The number of Topliss-reactive ketones (excluding diaryl/α,β-unsaturated/α-hetero) is 1. The number of benzene rings is 3. The van der Waals surface area contributed by atoms with Crippen molar-refractivity contribution in [1.29, 1.82) is 0 Å². The summed E-state index contributed by atoms with van der Waals surface area (Å²) in [6, 6.07) is 15.9. The minimum Gasteiger partial charge on any atom is -0.313 e. The van der Waals surface area contributed by atoms with E-state index >= 15 is 0 Å². The largest absolute Gasteiger partial charge is 0.313 e. The number of sulfonamides is 1. The highest BCUT2D eigenvalue weighted by molar-refractivity contribution is 7.92. The van der Waals surface area contributed by atoms with Gasteiger partial charge in [-0.3, -0.25) is 9.52 Å². The molecule has 0 aliphatic carbocycles. The van der Waals surface area contributed by atoms with Crippen molar-refractivity contribution in [2.45, 2.75) is 39.5 Å². The quantitative estimate of drug-likeness (QED) is 0.330. The Morgan fingerprint density at radius 2 is 1.52 bits per heavy atom. The number of carbonyl (C=O) groups is 1. The van der Waals surface area contributed by atoms with Crippen LogP contribution in [0.3, 0.4) is 0 Å². The van der Waals surface area contributed by atoms with Crippen LogP contribution in [-0.4, -0.2) is 18.8 Å². The van der Waals surface area contributed by atoms with Gasteiger partial charge in [0.25, 0.3) is 10.0 Å². The van der Waals surface area contributed by atoms with Crippen molar-refractivity contribution in [3.63, 3.8) is 0 Å². The predicted molar refractivity (Wildman–Crippen MR) is 134 cm³/mol. The molecule has 0 saturated heterocycles. The Kier molecular flexibility index (Phi) is 5.85. The van der Waals surface area contributed by atoms with Crippen LogP contribution in [0.2, 0.25) is 5.02 Å². The SMILES string of the molecule is CC(=O)c1c(C)n(-c2ccc(C)cc2)c2c(C)c(C)c(NS(=O)(=O)c3ccc(Cl)cc3)cc12. The van der Waals surface area contributed by atoms with Crippen LogP contribution in [-0.2, 0) is 10.0 Å². The third-order valence-corrected chi connectivity index (χ3v) is 7.70. The minimum absolute atomic E-state index is 0.0712. The maximum absolute atomic E-state index is 13.0. The Morgan fingerprint density at radius 3 is 2.09 bits per heavy atom. The molecule has 0 unspecified atom stereocenters. The van der Waals surface area contributed by atoms with Crippen LogP contribution < -0.4 is 4.72 Å². The van der Waals surface area contributed by atoms with E-state index in [-0.39, 0.29) is 10.7 Å². The fourth-order valence-corrected chi connectivity index (χ4v) is 5.48. The van der Waals surface area contributed by atoms with Crippen molar-refractivity contribution in [3.05, 3.63) is 87.6 Å². The van der Waals surface area contributed by atoms with E-state index in [0.29, 0.717) is 16.3 Å². The van der Waals surface area contributed by atoms with E-state index < -0.39 is 10.0 Å². The molecule has 1 heterocycles. The van der Waals surface area contributed by atoms with Crippen LogP contribution in [0.15, 0.2) is 59.5 Å². The van der Waals surface area contributed by atoms with Gasteiger partial charge in [-0.1, -0.05) is 29.3 Å². The van der Waals surface area contributed by atoms with Gasteiger partial charge in [0.1, 0.15) is 0 Å². The van der Waals surface area contributed by atoms with Crippen molar-refractivity contribution in [1.82, 2.24) is 4.57 Å². The molecule has 3 aromatic carbocycles. The highest BCUT2D eigenvalue weighted by Crippen LogP contribution is 2.37. The lowest BCUT2D eigenvalue weighted by molar-refractivity contribution is 0.101. The summed E-state index contributed by atoms with van der Waals surface area (Å²) in [5.74, 6) is -0.0712. The van der Waals surface area contributed by atoms with Gasteiger partial charge in [-0.25, -0.2) is 8.42 Å². The summed E-state index contributed by atoms with van der Waals surface area (Å²) in [4.78, 5) is 12.8. The first-order chi connectivity index (χ1) is 15.5. The van der Waals surface area contributed by atoms with Gasteiger partial charge in [0.2, 0.25) is 0 Å². The first-order valence-corrected chi connectivity index (χ1v) is 12.4. The van der Waals surface area contributed by atoms with E-state index in [4.69, 9.17) is 11.6 Å². The van der Waals surface area contributed by atoms with Gasteiger partial charge in [0, 0.05) is 27.4 Å². The van der Waals surface area contributed by atoms with Crippen LogP contribution in [0.4, 0.5) is 5.69 Å². The second-order valence-corrected chi connectivity index (χ2v) is 10.4. The Balaban J connectivity index is 1.95. The molecule has 1 N–H and O–H groups in total. The smallest absolute Gasteiger partial charge is 0.261 e. The molecule has 0 saturated carbocycles. The summed E-state index contributed by atoms with van der Waals surface area (Å²) in [6.07, 6.45) is 0. The van der Waals surface area contributed by atoms with Gasteiger partial charge in [-0.2, -0.15) is 0 Å². The molecule has 7 heteroatoms. The monoisotopic (exact) mass is 480 g/mol. The normalized spacial score (nSPS) is 11.7. The lowest BCUT2D eigenvalue weighted by atomic mass is 10.0. The summed E-state index contributed by atoms with van der Waals surface area (Å²) in [7, 11) is -3.83. The zero-order chi connectivity index (χ0) is 24.1. The van der Waals surface area contributed by atoms with Crippen molar-refractivity contribution >= 4 is 44.0 Å². The van der Waals surface area contributed by atoms with Crippen LogP contribution in [0.1, 0.15) is 39.7 Å². The second-order valence-electron chi connectivity index (χ2n) is 8.32. The Morgan fingerprint density at radius 1 is 0.909 bits per heavy atom. The predicted octanol–water partition coefficient (Wildman–Crippen LogP) is 6.52. The van der Waals surface area contributed by atoms with Crippen molar-refractivity contribution in [3.8, 4) is 5.69 Å². The number of nitrogens with one attached hydrogen (secondary N) is 1. The zero-order valence-electron chi connectivity index (χ0n) is 19.2. The average Bonchev–Trinajstić information content (AvgIpc) is 3.04.